The molecule has 0 aliphatic carbocycles. The molecule has 2 aliphatic heterocycles. The van der Waals surface area contributed by atoms with Crippen LogP contribution in [0.15, 0.2) is 34.8 Å². The van der Waals surface area contributed by atoms with E-state index in [9.17, 15) is 14.4 Å². The molecular weight excluding hydrogens is 445 g/mol. The Labute approximate surface area is 172 Å². The van der Waals surface area contributed by atoms with E-state index in [1.54, 1.807) is 13.2 Å². The molecule has 2 aliphatic rings. The maximum atomic E-state index is 11.4. The third-order valence-electron chi connectivity index (χ3n) is 5.82. The zero-order valence-electron chi connectivity index (χ0n) is 15.9. The van der Waals surface area contributed by atoms with E-state index in [2.05, 4.69) is 41.2 Å². The third-order valence-corrected chi connectivity index (χ3v) is 7.05. The first-order valence-electron chi connectivity index (χ1n) is 9.05. The van der Waals surface area contributed by atoms with Crippen molar-refractivity contribution in [1.82, 2.24) is 0 Å². The van der Waals surface area contributed by atoms with Gasteiger partial charge in [-0.1, -0.05) is 41.9 Å². The van der Waals surface area contributed by atoms with Crippen LogP contribution in [-0.4, -0.2) is 23.5 Å². The van der Waals surface area contributed by atoms with Crippen molar-refractivity contribution in [2.24, 2.45) is 5.92 Å². The topological polar surface area (TPSA) is 88.0 Å². The lowest BCUT2D eigenvalue weighted by atomic mass is 9.65. The SMILES string of the molecule is COc1cc(Br)cc2c1OC[C@H]1[C@@H]2Nc2ccc(CP(=O)(O)O)cc2C1(C)C. The van der Waals surface area contributed by atoms with Crippen LogP contribution in [0.2, 0.25) is 0 Å². The van der Waals surface area contributed by atoms with Gasteiger partial charge in [-0.15, -0.1) is 0 Å². The maximum absolute atomic E-state index is 11.4. The lowest BCUT2D eigenvalue weighted by Crippen LogP contribution is -2.46. The summed E-state index contributed by atoms with van der Waals surface area (Å²) in [7, 11) is -2.48. The molecule has 2 heterocycles. The molecule has 0 saturated heterocycles. The number of halogens is 1. The second-order valence-electron chi connectivity index (χ2n) is 7.99. The predicted molar refractivity (Wildman–Crippen MR) is 111 cm³/mol. The lowest BCUT2D eigenvalue weighted by molar-refractivity contribution is 0.131. The molecular formula is C20H23BrNO5P. The molecule has 2 aromatic rings. The quantitative estimate of drug-likeness (QED) is 0.572. The van der Waals surface area contributed by atoms with Gasteiger partial charge in [0.1, 0.15) is 0 Å². The zero-order chi connectivity index (χ0) is 20.3. The largest absolute Gasteiger partial charge is 0.493 e. The van der Waals surface area contributed by atoms with Gasteiger partial charge in [0.05, 0.1) is 25.9 Å². The van der Waals surface area contributed by atoms with E-state index in [0.717, 1.165) is 27.0 Å². The number of anilines is 1. The summed E-state index contributed by atoms with van der Waals surface area (Å²) in [4.78, 5) is 18.7. The molecule has 4 rings (SSSR count). The van der Waals surface area contributed by atoms with Gasteiger partial charge in [0.25, 0.3) is 0 Å². The number of fused-ring (bicyclic) bond motifs is 4. The number of hydrogen-bond acceptors (Lipinski definition) is 4. The van der Waals surface area contributed by atoms with E-state index in [4.69, 9.17) is 9.47 Å². The highest BCUT2D eigenvalue weighted by molar-refractivity contribution is 9.10. The fraction of sp³-hybridized carbons (Fsp3) is 0.400. The van der Waals surface area contributed by atoms with Crippen LogP contribution >= 0.6 is 23.5 Å². The Morgan fingerprint density at radius 3 is 2.75 bits per heavy atom. The van der Waals surface area contributed by atoms with Gasteiger partial charge in [-0.25, -0.2) is 0 Å². The Balaban J connectivity index is 1.80. The third kappa shape index (κ3) is 3.35. The van der Waals surface area contributed by atoms with E-state index < -0.39 is 7.60 Å². The first kappa shape index (κ1) is 19.8. The predicted octanol–water partition coefficient (Wildman–Crippen LogP) is 4.59. The Hall–Kier alpha value is -1.53. The summed E-state index contributed by atoms with van der Waals surface area (Å²) in [6, 6.07) is 9.62. The fourth-order valence-corrected chi connectivity index (χ4v) is 5.50. The van der Waals surface area contributed by atoms with Gasteiger partial charge in [-0.3, -0.25) is 4.57 Å². The second kappa shape index (κ2) is 6.77. The molecule has 0 fully saturated rings. The molecule has 6 nitrogen and oxygen atoms in total. The molecule has 0 spiro atoms. The molecule has 0 amide bonds. The number of hydrogen-bond donors (Lipinski definition) is 3. The number of benzene rings is 2. The Bertz CT molecular complexity index is 987. The maximum Gasteiger partial charge on any atom is 0.329 e. The van der Waals surface area contributed by atoms with Crippen molar-refractivity contribution in [3.05, 3.63) is 51.5 Å². The zero-order valence-corrected chi connectivity index (χ0v) is 18.4. The van der Waals surface area contributed by atoms with Crippen molar-refractivity contribution >= 4 is 29.2 Å². The Kier molecular flexibility index (Phi) is 4.78. The van der Waals surface area contributed by atoms with Gasteiger partial charge in [-0.05, 0) is 29.3 Å². The summed E-state index contributed by atoms with van der Waals surface area (Å²) in [5.41, 5.74) is 3.47. The van der Waals surface area contributed by atoms with E-state index in [-0.39, 0.29) is 23.5 Å². The number of ether oxygens (including phenoxy) is 2. The number of methoxy groups -OCH3 is 1. The summed E-state index contributed by atoms with van der Waals surface area (Å²) in [5.74, 6) is 1.61. The van der Waals surface area contributed by atoms with Crippen LogP contribution in [0.1, 0.15) is 36.6 Å². The molecule has 0 aromatic heterocycles. The van der Waals surface area contributed by atoms with Crippen molar-refractivity contribution in [3.63, 3.8) is 0 Å². The van der Waals surface area contributed by atoms with Crippen LogP contribution < -0.4 is 14.8 Å². The Morgan fingerprint density at radius 1 is 1.32 bits per heavy atom. The summed E-state index contributed by atoms with van der Waals surface area (Å²) < 4.78 is 24.0. The second-order valence-corrected chi connectivity index (χ2v) is 10.6. The van der Waals surface area contributed by atoms with Crippen molar-refractivity contribution in [3.8, 4) is 11.5 Å². The summed E-state index contributed by atoms with van der Waals surface area (Å²) >= 11 is 3.56. The number of nitrogens with one attached hydrogen (secondary N) is 1. The van der Waals surface area contributed by atoms with Gasteiger partial charge >= 0.3 is 7.60 Å². The highest BCUT2D eigenvalue weighted by atomic mass is 79.9. The van der Waals surface area contributed by atoms with Crippen LogP contribution in [0, 0.1) is 5.92 Å². The smallest absolute Gasteiger partial charge is 0.329 e. The standard InChI is InChI=1S/C20H23BrNO5P/c1-20(2)14-6-11(10-28(23,24)25)4-5-16(14)22-18-13-7-12(21)8-17(26-3)19(13)27-9-15(18)20/h4-8,15,18,22H,9-10H2,1-3H3,(H2,23,24,25)/t15-,18+/m0/s1. The van der Waals surface area contributed by atoms with E-state index in [1.165, 1.54) is 0 Å². The van der Waals surface area contributed by atoms with Crippen molar-refractivity contribution < 1.29 is 23.8 Å². The minimum absolute atomic E-state index is 0.0466. The van der Waals surface area contributed by atoms with Gasteiger partial charge in [-0.2, -0.15) is 0 Å². The monoisotopic (exact) mass is 467 g/mol. The van der Waals surface area contributed by atoms with Gasteiger partial charge in [0.2, 0.25) is 0 Å². The normalized spacial score (nSPS) is 22.2. The molecule has 150 valence electrons. The molecule has 0 bridgehead atoms. The summed E-state index contributed by atoms with van der Waals surface area (Å²) in [6.07, 6.45) is -0.256. The minimum atomic E-state index is -4.12. The Morgan fingerprint density at radius 2 is 2.07 bits per heavy atom. The first-order valence-corrected chi connectivity index (χ1v) is 11.6. The summed E-state index contributed by atoms with van der Waals surface area (Å²) in [6.45, 7) is 4.85. The first-order chi connectivity index (χ1) is 13.1. The molecule has 0 saturated carbocycles. The van der Waals surface area contributed by atoms with Gasteiger partial charge < -0.3 is 24.6 Å². The van der Waals surface area contributed by atoms with Crippen molar-refractivity contribution in [2.45, 2.75) is 31.5 Å². The lowest BCUT2D eigenvalue weighted by Gasteiger charge is -2.48. The van der Waals surface area contributed by atoms with Crippen LogP contribution in [0.25, 0.3) is 0 Å². The highest BCUT2D eigenvalue weighted by Crippen LogP contribution is 2.54. The van der Waals surface area contributed by atoms with Gasteiger partial charge in [0, 0.05) is 27.1 Å². The summed E-state index contributed by atoms with van der Waals surface area (Å²) in [5, 5.41) is 3.63. The fourth-order valence-electron chi connectivity index (χ4n) is 4.37. The van der Waals surface area contributed by atoms with Crippen LogP contribution in [0.5, 0.6) is 11.5 Å². The molecule has 3 N–H and O–H groups in total. The van der Waals surface area contributed by atoms with Crippen molar-refractivity contribution in [1.29, 1.82) is 0 Å². The van der Waals surface area contributed by atoms with E-state index >= 15 is 0 Å². The molecule has 0 radical (unpaired) electrons. The van der Waals surface area contributed by atoms with Crippen LogP contribution in [0.3, 0.4) is 0 Å². The minimum Gasteiger partial charge on any atom is -0.493 e. The molecule has 28 heavy (non-hydrogen) atoms. The molecule has 2 aromatic carbocycles. The average molecular weight is 468 g/mol. The average Bonchev–Trinajstić information content (AvgIpc) is 2.60. The van der Waals surface area contributed by atoms with Gasteiger partial charge in [0.15, 0.2) is 11.5 Å². The van der Waals surface area contributed by atoms with Crippen LogP contribution in [0.4, 0.5) is 5.69 Å². The van der Waals surface area contributed by atoms with E-state index in [0.29, 0.717) is 17.9 Å². The highest BCUT2D eigenvalue weighted by Gasteiger charge is 2.47. The molecule has 8 heteroatoms. The molecule has 2 atom stereocenters. The van der Waals surface area contributed by atoms with Crippen LogP contribution in [-0.2, 0) is 16.1 Å². The van der Waals surface area contributed by atoms with Crippen molar-refractivity contribution in [2.75, 3.05) is 19.0 Å². The molecule has 0 unspecified atom stereocenters. The van der Waals surface area contributed by atoms with E-state index in [1.807, 2.05) is 18.2 Å². The number of rotatable bonds is 3.